The molecule has 0 unspecified atom stereocenters. The van der Waals surface area contributed by atoms with Crippen molar-refractivity contribution in [1.29, 1.82) is 0 Å². The third-order valence-electron chi connectivity index (χ3n) is 6.54. The lowest BCUT2D eigenvalue weighted by molar-refractivity contribution is 0.261. The van der Waals surface area contributed by atoms with Gasteiger partial charge in [0.05, 0.1) is 17.9 Å². The minimum Gasteiger partial charge on any atom is -0.493 e. The highest BCUT2D eigenvalue weighted by Crippen LogP contribution is 2.35. The van der Waals surface area contributed by atoms with Crippen LogP contribution in [0.3, 0.4) is 0 Å². The zero-order valence-electron chi connectivity index (χ0n) is 23.4. The summed E-state index contributed by atoms with van der Waals surface area (Å²) in [7, 11) is 5.55. The molecular formula is C33H33NO6. The molecular weight excluding hydrogens is 506 g/mol. The molecule has 0 N–H and O–H groups in total. The van der Waals surface area contributed by atoms with Crippen LogP contribution in [0.25, 0.3) is 21.9 Å². The first-order valence-electron chi connectivity index (χ1n) is 13.1. The second kappa shape index (κ2) is 11.7. The number of fused-ring (bicyclic) bond motifs is 2. The Bertz CT molecular complexity index is 1710. The second-order valence-electron chi connectivity index (χ2n) is 10.1. The SMILES string of the molecule is COc1cc(Oc2ccc3c(=O)c4cc(C)cc(OCCN(C)C)c4oc3c2)ccc1OCc1ccc(C)cc1. The number of aryl methyl sites for hydroxylation is 2. The number of likely N-dealkylation sites (N-methyl/N-ethyl adjacent to an activating group) is 1. The van der Waals surface area contributed by atoms with Crippen LogP contribution < -0.4 is 24.4 Å². The van der Waals surface area contributed by atoms with Crippen LogP contribution in [-0.4, -0.2) is 39.3 Å². The summed E-state index contributed by atoms with van der Waals surface area (Å²) in [6, 6.07) is 22.5. The van der Waals surface area contributed by atoms with Crippen LogP contribution in [0.1, 0.15) is 16.7 Å². The van der Waals surface area contributed by atoms with Crippen LogP contribution in [0.2, 0.25) is 0 Å². The molecule has 1 aromatic heterocycles. The Labute approximate surface area is 233 Å². The second-order valence-corrected chi connectivity index (χ2v) is 10.1. The number of hydrogen-bond acceptors (Lipinski definition) is 7. The van der Waals surface area contributed by atoms with E-state index in [4.69, 9.17) is 23.4 Å². The number of benzene rings is 4. The van der Waals surface area contributed by atoms with E-state index >= 15 is 0 Å². The highest BCUT2D eigenvalue weighted by molar-refractivity contribution is 5.93. The molecule has 0 saturated heterocycles. The summed E-state index contributed by atoms with van der Waals surface area (Å²) in [4.78, 5) is 15.4. The molecule has 7 nitrogen and oxygen atoms in total. The monoisotopic (exact) mass is 539 g/mol. The van der Waals surface area contributed by atoms with Crippen molar-refractivity contribution in [3.63, 3.8) is 0 Å². The van der Waals surface area contributed by atoms with Gasteiger partial charge in [-0.3, -0.25) is 4.79 Å². The number of nitrogens with zero attached hydrogens (tertiary/aromatic N) is 1. The molecule has 5 aromatic rings. The van der Waals surface area contributed by atoms with E-state index in [0.29, 0.717) is 63.9 Å². The van der Waals surface area contributed by atoms with Crippen LogP contribution >= 0.6 is 0 Å². The Balaban J connectivity index is 1.40. The van der Waals surface area contributed by atoms with Gasteiger partial charge in [0.15, 0.2) is 22.8 Å². The zero-order valence-corrected chi connectivity index (χ0v) is 23.4. The zero-order chi connectivity index (χ0) is 28.2. The summed E-state index contributed by atoms with van der Waals surface area (Å²) in [5.41, 5.74) is 3.93. The minimum absolute atomic E-state index is 0.110. The summed E-state index contributed by atoms with van der Waals surface area (Å²) >= 11 is 0. The van der Waals surface area contributed by atoms with E-state index in [1.807, 2.05) is 62.3 Å². The van der Waals surface area contributed by atoms with Gasteiger partial charge in [-0.15, -0.1) is 0 Å². The largest absolute Gasteiger partial charge is 0.493 e. The van der Waals surface area contributed by atoms with Gasteiger partial charge in [0, 0.05) is 18.7 Å². The average Bonchev–Trinajstić information content (AvgIpc) is 2.93. The summed E-state index contributed by atoms with van der Waals surface area (Å²) in [5.74, 6) is 2.80. The van der Waals surface area contributed by atoms with E-state index < -0.39 is 0 Å². The highest BCUT2D eigenvalue weighted by Gasteiger charge is 2.15. The molecule has 0 aliphatic rings. The summed E-state index contributed by atoms with van der Waals surface area (Å²) < 4.78 is 29.9. The Morgan fingerprint density at radius 1 is 0.750 bits per heavy atom. The van der Waals surface area contributed by atoms with Gasteiger partial charge in [0.2, 0.25) is 5.43 Å². The van der Waals surface area contributed by atoms with Crippen molar-refractivity contribution in [2.45, 2.75) is 20.5 Å². The maximum atomic E-state index is 13.4. The Morgan fingerprint density at radius 2 is 1.50 bits per heavy atom. The summed E-state index contributed by atoms with van der Waals surface area (Å²) in [5, 5.41) is 0.967. The molecule has 0 aliphatic carbocycles. The van der Waals surface area contributed by atoms with E-state index in [2.05, 4.69) is 19.1 Å². The lowest BCUT2D eigenvalue weighted by atomic mass is 10.1. The van der Waals surface area contributed by atoms with E-state index in [0.717, 1.165) is 17.7 Å². The molecule has 0 amide bonds. The van der Waals surface area contributed by atoms with Crippen molar-refractivity contribution in [3.8, 4) is 28.7 Å². The lowest BCUT2D eigenvalue weighted by Crippen LogP contribution is -2.19. The number of hydrogen-bond donors (Lipinski definition) is 0. The first-order chi connectivity index (χ1) is 19.3. The number of methoxy groups -OCH3 is 1. The first kappa shape index (κ1) is 27.1. The fourth-order valence-corrected chi connectivity index (χ4v) is 4.36. The van der Waals surface area contributed by atoms with Crippen LogP contribution in [0.4, 0.5) is 0 Å². The van der Waals surface area contributed by atoms with E-state index in [1.54, 1.807) is 31.4 Å². The maximum Gasteiger partial charge on any atom is 0.200 e. The Kier molecular flexibility index (Phi) is 7.94. The molecule has 0 radical (unpaired) electrons. The van der Waals surface area contributed by atoms with Crippen LogP contribution in [0, 0.1) is 13.8 Å². The van der Waals surface area contributed by atoms with Gasteiger partial charge in [0.1, 0.15) is 30.3 Å². The third-order valence-corrected chi connectivity index (χ3v) is 6.54. The maximum absolute atomic E-state index is 13.4. The van der Waals surface area contributed by atoms with Crippen LogP contribution in [-0.2, 0) is 6.61 Å². The minimum atomic E-state index is -0.110. The molecule has 7 heteroatoms. The van der Waals surface area contributed by atoms with Crippen molar-refractivity contribution in [2.24, 2.45) is 0 Å². The van der Waals surface area contributed by atoms with Crippen molar-refractivity contribution in [2.75, 3.05) is 34.4 Å². The molecule has 0 spiro atoms. The van der Waals surface area contributed by atoms with Gasteiger partial charge in [0.25, 0.3) is 0 Å². The van der Waals surface area contributed by atoms with E-state index in [9.17, 15) is 4.79 Å². The molecule has 0 saturated carbocycles. The smallest absolute Gasteiger partial charge is 0.200 e. The van der Waals surface area contributed by atoms with Gasteiger partial charge in [-0.2, -0.15) is 0 Å². The van der Waals surface area contributed by atoms with Crippen LogP contribution in [0.5, 0.6) is 28.7 Å². The van der Waals surface area contributed by atoms with Gasteiger partial charge >= 0.3 is 0 Å². The van der Waals surface area contributed by atoms with Crippen molar-refractivity contribution < 1.29 is 23.4 Å². The average molecular weight is 540 g/mol. The number of rotatable bonds is 10. The predicted octanol–water partition coefficient (Wildman–Crippen LogP) is 6.88. The molecule has 0 bridgehead atoms. The molecule has 0 atom stereocenters. The van der Waals surface area contributed by atoms with E-state index in [-0.39, 0.29) is 5.43 Å². The lowest BCUT2D eigenvalue weighted by Gasteiger charge is -2.14. The summed E-state index contributed by atoms with van der Waals surface area (Å²) in [6.07, 6.45) is 0. The quantitative estimate of drug-likeness (QED) is 0.179. The van der Waals surface area contributed by atoms with Crippen molar-refractivity contribution in [1.82, 2.24) is 4.90 Å². The molecule has 206 valence electrons. The van der Waals surface area contributed by atoms with Gasteiger partial charge in [-0.1, -0.05) is 29.8 Å². The Hall–Kier alpha value is -4.49. The standard InChI is InChI=1S/C33H33NO6/c1-21-6-8-23(9-7-21)20-38-28-13-11-25(19-30(28)36-5)39-24-10-12-26-29(18-24)40-33-27(32(26)35)16-22(2)17-31(33)37-15-14-34(3)4/h6-13,16-19H,14-15,20H2,1-5H3. The molecule has 0 aliphatic heterocycles. The topological polar surface area (TPSA) is 70.4 Å². The van der Waals surface area contributed by atoms with Crippen molar-refractivity contribution >= 4 is 21.9 Å². The molecule has 4 aromatic carbocycles. The Morgan fingerprint density at radius 3 is 2.25 bits per heavy atom. The van der Waals surface area contributed by atoms with Gasteiger partial charge in [-0.05, 0) is 75.5 Å². The van der Waals surface area contributed by atoms with Gasteiger partial charge in [-0.25, -0.2) is 0 Å². The molecule has 40 heavy (non-hydrogen) atoms. The van der Waals surface area contributed by atoms with Crippen molar-refractivity contribution in [3.05, 3.63) is 99.7 Å². The molecule has 5 rings (SSSR count). The highest BCUT2D eigenvalue weighted by atomic mass is 16.5. The molecule has 0 fully saturated rings. The third kappa shape index (κ3) is 6.05. The summed E-state index contributed by atoms with van der Waals surface area (Å²) in [6.45, 7) is 5.63. The fraction of sp³-hybridized carbons (Fsp3) is 0.242. The fourth-order valence-electron chi connectivity index (χ4n) is 4.36. The molecule has 1 heterocycles. The normalized spacial score (nSPS) is 11.2. The van der Waals surface area contributed by atoms with Gasteiger partial charge < -0.3 is 28.3 Å². The van der Waals surface area contributed by atoms with Crippen LogP contribution in [0.15, 0.2) is 82.0 Å². The number of ether oxygens (including phenoxy) is 4. The predicted molar refractivity (Wildman–Crippen MR) is 157 cm³/mol. The first-order valence-corrected chi connectivity index (χ1v) is 13.1. The van der Waals surface area contributed by atoms with E-state index in [1.165, 1.54) is 5.56 Å².